The number of ketones is 2. The van der Waals surface area contributed by atoms with E-state index in [0.29, 0.717) is 17.6 Å². The fourth-order valence-electron chi connectivity index (χ4n) is 3.49. The lowest BCUT2D eigenvalue weighted by molar-refractivity contribution is -0.133. The zero-order chi connectivity index (χ0) is 14.5. The van der Waals surface area contributed by atoms with Gasteiger partial charge >= 0.3 is 0 Å². The average Bonchev–Trinajstić information content (AvgIpc) is 2.59. The van der Waals surface area contributed by atoms with Crippen molar-refractivity contribution in [3.05, 3.63) is 11.1 Å². The van der Waals surface area contributed by atoms with Gasteiger partial charge in [0.2, 0.25) is 0 Å². The first-order valence-corrected chi connectivity index (χ1v) is 6.88. The molecular formula is C15H22O4. The largest absolute Gasteiger partial charge is 0.388 e. The van der Waals surface area contributed by atoms with E-state index in [2.05, 4.69) is 0 Å². The highest BCUT2D eigenvalue weighted by Gasteiger charge is 2.51. The molecule has 2 rings (SSSR count). The van der Waals surface area contributed by atoms with Crippen molar-refractivity contribution in [2.75, 3.05) is 0 Å². The minimum atomic E-state index is -1.30. The fourth-order valence-corrected chi connectivity index (χ4v) is 3.49. The molecule has 0 heterocycles. The maximum Gasteiger partial charge on any atom is 0.162 e. The summed E-state index contributed by atoms with van der Waals surface area (Å²) < 4.78 is 0. The maximum atomic E-state index is 12.2. The lowest BCUT2D eigenvalue weighted by atomic mass is 9.70. The first kappa shape index (κ1) is 14.4. The van der Waals surface area contributed by atoms with E-state index in [9.17, 15) is 19.8 Å². The van der Waals surface area contributed by atoms with Gasteiger partial charge in [-0.3, -0.25) is 9.59 Å². The van der Waals surface area contributed by atoms with E-state index >= 15 is 0 Å². The van der Waals surface area contributed by atoms with E-state index in [4.69, 9.17) is 0 Å². The molecule has 0 amide bonds. The highest BCUT2D eigenvalue weighted by Crippen LogP contribution is 2.46. The zero-order valence-corrected chi connectivity index (χ0v) is 11.9. The molecule has 0 fully saturated rings. The zero-order valence-electron chi connectivity index (χ0n) is 11.9. The van der Waals surface area contributed by atoms with Crippen molar-refractivity contribution in [3.63, 3.8) is 0 Å². The predicted octanol–water partition coefficient (Wildman–Crippen LogP) is 1.25. The molecule has 106 valence electrons. The first-order chi connectivity index (χ1) is 8.66. The summed E-state index contributed by atoms with van der Waals surface area (Å²) in [5, 5.41) is 20.9. The second-order valence-electron chi connectivity index (χ2n) is 6.45. The molecule has 4 heteroatoms. The normalized spacial score (nSPS) is 38.9. The Morgan fingerprint density at radius 3 is 2.53 bits per heavy atom. The average molecular weight is 266 g/mol. The molecule has 2 N–H and O–H groups in total. The van der Waals surface area contributed by atoms with Gasteiger partial charge in [0.1, 0.15) is 5.78 Å². The minimum Gasteiger partial charge on any atom is -0.388 e. The third-order valence-corrected chi connectivity index (χ3v) is 4.38. The number of rotatable bonds is 2. The van der Waals surface area contributed by atoms with Gasteiger partial charge < -0.3 is 10.2 Å². The Morgan fingerprint density at radius 1 is 1.42 bits per heavy atom. The van der Waals surface area contributed by atoms with Gasteiger partial charge in [0.05, 0.1) is 17.6 Å². The standard InChI is InChI=1S/C15H22O4/c1-7(2)13(17)9-6-15(4,19)12-10(16)5-8(3)11(12)14(9)18/h7-9,14,18-19H,5-6H2,1-4H3/t8-,9-,14+,15-/m1/s1. The summed E-state index contributed by atoms with van der Waals surface area (Å²) in [6, 6.07) is 0. The molecule has 0 aliphatic heterocycles. The molecule has 0 aromatic carbocycles. The van der Waals surface area contributed by atoms with Gasteiger partial charge in [-0.1, -0.05) is 20.8 Å². The number of hydrogen-bond acceptors (Lipinski definition) is 4. The van der Waals surface area contributed by atoms with Gasteiger partial charge in [-0.05, 0) is 24.8 Å². The summed E-state index contributed by atoms with van der Waals surface area (Å²) in [6.45, 7) is 7.01. The van der Waals surface area contributed by atoms with Crippen molar-refractivity contribution < 1.29 is 19.8 Å². The van der Waals surface area contributed by atoms with Crippen LogP contribution in [0.25, 0.3) is 0 Å². The molecule has 0 aromatic heterocycles. The number of carbonyl (C=O) groups excluding carboxylic acids is 2. The molecule has 0 radical (unpaired) electrons. The van der Waals surface area contributed by atoms with Crippen LogP contribution in [0, 0.1) is 17.8 Å². The van der Waals surface area contributed by atoms with E-state index in [1.807, 2.05) is 6.92 Å². The molecule has 0 saturated heterocycles. The van der Waals surface area contributed by atoms with Crippen LogP contribution in [0.15, 0.2) is 11.1 Å². The Kier molecular flexibility index (Phi) is 3.43. The fraction of sp³-hybridized carbons (Fsp3) is 0.733. The van der Waals surface area contributed by atoms with Gasteiger partial charge in [0.25, 0.3) is 0 Å². The molecule has 4 nitrogen and oxygen atoms in total. The van der Waals surface area contributed by atoms with Gasteiger partial charge in [0, 0.05) is 17.9 Å². The second kappa shape index (κ2) is 4.53. The Hall–Kier alpha value is -1.00. The van der Waals surface area contributed by atoms with Crippen LogP contribution in [0.5, 0.6) is 0 Å². The Morgan fingerprint density at radius 2 is 2.00 bits per heavy atom. The van der Waals surface area contributed by atoms with Gasteiger partial charge in [-0.2, -0.15) is 0 Å². The summed E-state index contributed by atoms with van der Waals surface area (Å²) in [5.74, 6) is -1.04. The molecule has 0 aromatic rings. The van der Waals surface area contributed by atoms with Crippen LogP contribution in [0.1, 0.15) is 40.5 Å². The quantitative estimate of drug-likeness (QED) is 0.789. The van der Waals surface area contributed by atoms with Crippen LogP contribution in [0.4, 0.5) is 0 Å². The van der Waals surface area contributed by atoms with Crippen LogP contribution >= 0.6 is 0 Å². The van der Waals surface area contributed by atoms with Crippen molar-refractivity contribution in [1.29, 1.82) is 0 Å². The summed E-state index contributed by atoms with van der Waals surface area (Å²) in [4.78, 5) is 24.2. The summed E-state index contributed by atoms with van der Waals surface area (Å²) in [7, 11) is 0. The Balaban J connectivity index is 2.47. The number of carbonyl (C=O) groups is 2. The topological polar surface area (TPSA) is 74.6 Å². The number of Topliss-reactive ketones (excluding diaryl/α,β-unsaturated/α-hetero) is 2. The van der Waals surface area contributed by atoms with Crippen molar-refractivity contribution in [3.8, 4) is 0 Å². The monoisotopic (exact) mass is 266 g/mol. The lowest BCUT2D eigenvalue weighted by Gasteiger charge is -2.39. The van der Waals surface area contributed by atoms with Crippen LogP contribution in [0.2, 0.25) is 0 Å². The van der Waals surface area contributed by atoms with Crippen molar-refractivity contribution in [2.45, 2.75) is 52.2 Å². The van der Waals surface area contributed by atoms with Crippen LogP contribution in [0.3, 0.4) is 0 Å². The minimum absolute atomic E-state index is 0.0501. The molecule has 0 saturated carbocycles. The third-order valence-electron chi connectivity index (χ3n) is 4.38. The van der Waals surface area contributed by atoms with E-state index < -0.39 is 17.6 Å². The predicted molar refractivity (Wildman–Crippen MR) is 70.4 cm³/mol. The van der Waals surface area contributed by atoms with Gasteiger partial charge in [-0.15, -0.1) is 0 Å². The SMILES string of the molecule is CC(C)C(=O)[C@H]1C[C@@](C)(O)C2=C([C@H](C)CC2=O)[C@H]1O. The molecule has 0 unspecified atom stereocenters. The highest BCUT2D eigenvalue weighted by molar-refractivity contribution is 6.02. The molecule has 2 aliphatic carbocycles. The van der Waals surface area contributed by atoms with E-state index in [-0.39, 0.29) is 29.8 Å². The Bertz CT molecular complexity index is 459. The van der Waals surface area contributed by atoms with Crippen molar-refractivity contribution in [2.24, 2.45) is 17.8 Å². The van der Waals surface area contributed by atoms with Gasteiger partial charge in [-0.25, -0.2) is 0 Å². The number of hydrogen-bond donors (Lipinski definition) is 2. The molecule has 2 aliphatic rings. The molecular weight excluding hydrogens is 244 g/mol. The summed E-state index contributed by atoms with van der Waals surface area (Å²) in [6.07, 6.45) is -0.477. The van der Waals surface area contributed by atoms with Crippen molar-refractivity contribution >= 4 is 11.6 Å². The molecule has 0 bridgehead atoms. The Labute approximate surface area is 113 Å². The first-order valence-electron chi connectivity index (χ1n) is 6.88. The second-order valence-corrected chi connectivity index (χ2v) is 6.45. The lowest BCUT2D eigenvalue weighted by Crippen LogP contribution is -2.46. The maximum absolute atomic E-state index is 12.2. The number of aliphatic hydroxyl groups is 2. The number of aliphatic hydroxyl groups excluding tert-OH is 1. The van der Waals surface area contributed by atoms with E-state index in [1.54, 1.807) is 20.8 Å². The van der Waals surface area contributed by atoms with Crippen LogP contribution < -0.4 is 0 Å². The summed E-state index contributed by atoms with van der Waals surface area (Å²) in [5.41, 5.74) is -0.369. The van der Waals surface area contributed by atoms with Crippen LogP contribution in [-0.2, 0) is 9.59 Å². The highest BCUT2D eigenvalue weighted by atomic mass is 16.3. The summed E-state index contributed by atoms with van der Waals surface area (Å²) >= 11 is 0. The molecule has 0 spiro atoms. The van der Waals surface area contributed by atoms with Crippen molar-refractivity contribution in [1.82, 2.24) is 0 Å². The smallest absolute Gasteiger partial charge is 0.162 e. The van der Waals surface area contributed by atoms with E-state index in [0.717, 1.165) is 0 Å². The van der Waals surface area contributed by atoms with Crippen LogP contribution in [-0.4, -0.2) is 33.5 Å². The molecule has 4 atom stereocenters. The van der Waals surface area contributed by atoms with Gasteiger partial charge in [0.15, 0.2) is 5.78 Å². The molecule has 19 heavy (non-hydrogen) atoms. The third kappa shape index (κ3) is 2.17. The van der Waals surface area contributed by atoms with E-state index in [1.165, 1.54) is 0 Å².